The lowest BCUT2D eigenvalue weighted by atomic mass is 10.0. The normalized spacial score (nSPS) is 35.6. The highest BCUT2D eigenvalue weighted by atomic mass is 16.5. The van der Waals surface area contributed by atoms with E-state index < -0.39 is 0 Å². The molecule has 0 spiro atoms. The predicted molar refractivity (Wildman–Crippen MR) is 130 cm³/mol. The topological polar surface area (TPSA) is 84.1 Å². The lowest BCUT2D eigenvalue weighted by molar-refractivity contribution is -0.149. The van der Waals surface area contributed by atoms with E-state index in [9.17, 15) is 4.79 Å². The van der Waals surface area contributed by atoms with Crippen LogP contribution in [0.2, 0.25) is 0 Å². The number of hydrogen-bond acceptors (Lipinski definition) is 8. The lowest BCUT2D eigenvalue weighted by Gasteiger charge is -2.45. The van der Waals surface area contributed by atoms with Gasteiger partial charge in [-0.2, -0.15) is 5.01 Å². The first-order valence-electron chi connectivity index (χ1n) is 12.8. The highest BCUT2D eigenvalue weighted by Crippen LogP contribution is 2.32. The third-order valence-corrected chi connectivity index (χ3v) is 7.71. The average Bonchev–Trinajstić information content (AvgIpc) is 3.33. The first-order valence-corrected chi connectivity index (χ1v) is 12.8. The SMILES string of the molecule is CN1Cc2ccc(NC3NCC4C(=O)N5C/C=C\CCCOC6CCCC(N6)N5C4N3)cc2C1. The van der Waals surface area contributed by atoms with Crippen molar-refractivity contribution in [1.82, 2.24) is 30.9 Å². The van der Waals surface area contributed by atoms with E-state index in [0.717, 1.165) is 57.5 Å². The summed E-state index contributed by atoms with van der Waals surface area (Å²) in [5.74, 6) is 0.0731. The number of nitrogens with one attached hydrogen (secondary N) is 4. The van der Waals surface area contributed by atoms with Crippen molar-refractivity contribution in [3.8, 4) is 0 Å². The van der Waals surface area contributed by atoms with Gasteiger partial charge in [0.05, 0.1) is 24.8 Å². The Morgan fingerprint density at radius 1 is 1.09 bits per heavy atom. The van der Waals surface area contributed by atoms with Crippen LogP contribution in [0.25, 0.3) is 0 Å². The first-order chi connectivity index (χ1) is 16.7. The molecule has 0 radical (unpaired) electrons. The number of fused-ring (bicyclic) bond motifs is 7. The second-order valence-corrected chi connectivity index (χ2v) is 10.2. The molecule has 3 fully saturated rings. The van der Waals surface area contributed by atoms with Gasteiger partial charge in [-0.15, -0.1) is 0 Å². The van der Waals surface area contributed by atoms with E-state index in [0.29, 0.717) is 13.1 Å². The molecule has 3 saturated heterocycles. The summed E-state index contributed by atoms with van der Waals surface area (Å²) in [7, 11) is 2.15. The van der Waals surface area contributed by atoms with Crippen molar-refractivity contribution in [2.75, 3.05) is 32.1 Å². The molecule has 5 unspecified atom stereocenters. The molecule has 0 aliphatic carbocycles. The van der Waals surface area contributed by atoms with Gasteiger partial charge in [0.2, 0.25) is 5.91 Å². The van der Waals surface area contributed by atoms with Gasteiger partial charge in [0, 0.05) is 31.9 Å². The van der Waals surface area contributed by atoms with Crippen molar-refractivity contribution in [3.63, 3.8) is 0 Å². The van der Waals surface area contributed by atoms with Crippen LogP contribution in [0.1, 0.15) is 43.2 Å². The van der Waals surface area contributed by atoms with Crippen LogP contribution in [0.4, 0.5) is 5.69 Å². The number of allylic oxidation sites excluding steroid dienone is 1. The maximum atomic E-state index is 13.5. The summed E-state index contributed by atoms with van der Waals surface area (Å²) in [4.78, 5) is 15.8. The first kappa shape index (κ1) is 22.5. The Kier molecular flexibility index (Phi) is 6.31. The van der Waals surface area contributed by atoms with Crippen molar-refractivity contribution in [2.24, 2.45) is 5.92 Å². The zero-order valence-electron chi connectivity index (χ0n) is 20.0. The molecular formula is C25H37N7O2. The average molecular weight is 468 g/mol. The van der Waals surface area contributed by atoms with Crippen LogP contribution in [0.15, 0.2) is 30.4 Å². The summed E-state index contributed by atoms with van der Waals surface area (Å²) >= 11 is 0. The van der Waals surface area contributed by atoms with Crippen molar-refractivity contribution < 1.29 is 9.53 Å². The molecule has 5 heterocycles. The third-order valence-electron chi connectivity index (χ3n) is 7.71. The zero-order chi connectivity index (χ0) is 23.1. The van der Waals surface area contributed by atoms with Gasteiger partial charge in [0.1, 0.15) is 12.5 Å². The molecule has 184 valence electrons. The van der Waals surface area contributed by atoms with Crippen molar-refractivity contribution in [1.29, 1.82) is 0 Å². The quantitative estimate of drug-likeness (QED) is 0.485. The fraction of sp³-hybridized carbons (Fsp3) is 0.640. The van der Waals surface area contributed by atoms with Crippen LogP contribution in [0.5, 0.6) is 0 Å². The van der Waals surface area contributed by atoms with Gasteiger partial charge >= 0.3 is 0 Å². The Bertz CT molecular complexity index is 940. The molecule has 1 aromatic rings. The highest BCUT2D eigenvalue weighted by Gasteiger charge is 2.52. The molecule has 1 aromatic carbocycles. The molecule has 0 aromatic heterocycles. The van der Waals surface area contributed by atoms with Crippen LogP contribution in [-0.2, 0) is 22.6 Å². The number of piperidine rings is 1. The standard InChI is InChI=1S/C25H37N7O2/c1-30-15-17-9-10-19(13-18(17)16-30)27-25-26-14-20-23(29-25)32-21-7-6-8-22(28-21)34-12-5-3-2-4-11-31(32)24(20)33/h2,4,9-10,13,20-23,25-29H,3,5-8,11-12,14-16H2,1H3/b4-2-. The minimum atomic E-state index is -0.117. The van der Waals surface area contributed by atoms with Gasteiger partial charge in [0.25, 0.3) is 0 Å². The number of carbonyl (C=O) groups is 1. The van der Waals surface area contributed by atoms with Crippen molar-refractivity contribution in [2.45, 2.75) is 70.0 Å². The van der Waals surface area contributed by atoms with Crippen LogP contribution >= 0.6 is 0 Å². The second-order valence-electron chi connectivity index (χ2n) is 10.2. The fourth-order valence-electron chi connectivity index (χ4n) is 6.04. The van der Waals surface area contributed by atoms with Gasteiger partial charge in [-0.05, 0) is 62.4 Å². The maximum absolute atomic E-state index is 13.5. The number of hydrogen-bond donors (Lipinski definition) is 4. The fourth-order valence-corrected chi connectivity index (χ4v) is 6.04. The molecule has 5 aliphatic heterocycles. The number of hydrazine groups is 1. The number of rotatable bonds is 2. The van der Waals surface area contributed by atoms with E-state index in [1.807, 2.05) is 5.01 Å². The summed E-state index contributed by atoms with van der Waals surface area (Å²) < 4.78 is 6.12. The van der Waals surface area contributed by atoms with Crippen molar-refractivity contribution >= 4 is 11.6 Å². The smallest absolute Gasteiger partial charge is 0.244 e. The molecule has 6 rings (SSSR count). The molecule has 9 heteroatoms. The van der Waals surface area contributed by atoms with Gasteiger partial charge in [0.15, 0.2) is 0 Å². The minimum absolute atomic E-state index is 0.0540. The summed E-state index contributed by atoms with van der Waals surface area (Å²) in [6.45, 7) is 4.04. The Balaban J connectivity index is 1.21. The van der Waals surface area contributed by atoms with Gasteiger partial charge in [-0.3, -0.25) is 30.7 Å². The lowest BCUT2D eigenvalue weighted by Crippen LogP contribution is -2.68. The van der Waals surface area contributed by atoms with E-state index in [2.05, 4.69) is 68.6 Å². The second kappa shape index (κ2) is 9.56. The minimum Gasteiger partial charge on any atom is -0.363 e. The number of nitrogens with zero attached hydrogens (tertiary/aromatic N) is 3. The number of benzene rings is 1. The number of anilines is 1. The molecule has 0 saturated carbocycles. The molecule has 34 heavy (non-hydrogen) atoms. The molecule has 2 bridgehead atoms. The molecule has 5 aliphatic rings. The third kappa shape index (κ3) is 4.36. The van der Waals surface area contributed by atoms with Gasteiger partial charge < -0.3 is 10.1 Å². The molecule has 5 atom stereocenters. The van der Waals surface area contributed by atoms with Crippen molar-refractivity contribution in [3.05, 3.63) is 41.5 Å². The number of ether oxygens (including phenoxy) is 1. The molecular weight excluding hydrogens is 430 g/mol. The largest absolute Gasteiger partial charge is 0.363 e. The van der Waals surface area contributed by atoms with Crippen LogP contribution in [0.3, 0.4) is 0 Å². The monoisotopic (exact) mass is 467 g/mol. The Morgan fingerprint density at radius 2 is 2.00 bits per heavy atom. The number of amides is 1. The molecule has 4 N–H and O–H groups in total. The highest BCUT2D eigenvalue weighted by molar-refractivity contribution is 5.82. The maximum Gasteiger partial charge on any atom is 0.244 e. The Morgan fingerprint density at radius 3 is 2.94 bits per heavy atom. The van der Waals surface area contributed by atoms with Crippen LogP contribution < -0.4 is 21.3 Å². The van der Waals surface area contributed by atoms with Crippen LogP contribution in [-0.4, -0.2) is 72.4 Å². The summed E-state index contributed by atoms with van der Waals surface area (Å²) in [6, 6.07) is 6.64. The van der Waals surface area contributed by atoms with E-state index in [-0.39, 0.29) is 36.7 Å². The van der Waals surface area contributed by atoms with Crippen LogP contribution in [0, 0.1) is 5.92 Å². The van der Waals surface area contributed by atoms with Gasteiger partial charge in [-0.25, -0.2) is 0 Å². The van der Waals surface area contributed by atoms with E-state index in [1.165, 1.54) is 11.1 Å². The predicted octanol–water partition coefficient (Wildman–Crippen LogP) is 1.31. The van der Waals surface area contributed by atoms with Gasteiger partial charge in [-0.1, -0.05) is 18.2 Å². The summed E-state index contributed by atoms with van der Waals surface area (Å²) in [5.41, 5.74) is 3.89. The molecule has 1 amide bonds. The Labute approximate surface area is 201 Å². The number of carbonyl (C=O) groups excluding carboxylic acids is 1. The van der Waals surface area contributed by atoms with E-state index >= 15 is 0 Å². The summed E-state index contributed by atoms with van der Waals surface area (Å²) in [5, 5.41) is 18.8. The molecule has 9 nitrogen and oxygen atoms in total. The summed E-state index contributed by atoms with van der Waals surface area (Å²) in [6.07, 6.45) is 9.38. The zero-order valence-corrected chi connectivity index (χ0v) is 20.0. The van der Waals surface area contributed by atoms with E-state index in [4.69, 9.17) is 4.74 Å². The Hall–Kier alpha value is -2.01. The van der Waals surface area contributed by atoms with E-state index in [1.54, 1.807) is 0 Å².